The minimum absolute atomic E-state index is 0.257. The number of benzene rings is 1. The van der Waals surface area contributed by atoms with E-state index in [0.29, 0.717) is 5.92 Å². The minimum atomic E-state index is 0.257. The topological polar surface area (TPSA) is 3.24 Å². The first kappa shape index (κ1) is 18.6. The first-order valence-corrected chi connectivity index (χ1v) is 9.25. The van der Waals surface area contributed by atoms with Crippen LogP contribution in [0.5, 0.6) is 0 Å². The average molecular weight is 324 g/mol. The van der Waals surface area contributed by atoms with Gasteiger partial charge in [0.1, 0.15) is 0 Å². The van der Waals surface area contributed by atoms with Crippen molar-refractivity contribution in [3.8, 4) is 0 Å². The van der Waals surface area contributed by atoms with Gasteiger partial charge in [-0.15, -0.1) is 0 Å². The van der Waals surface area contributed by atoms with Gasteiger partial charge in [0.25, 0.3) is 0 Å². The molecule has 24 heavy (non-hydrogen) atoms. The number of rotatable bonds is 6. The molecule has 1 aromatic carbocycles. The summed E-state index contributed by atoms with van der Waals surface area (Å²) >= 11 is 0. The Kier molecular flexibility index (Phi) is 6.10. The van der Waals surface area contributed by atoms with Crippen molar-refractivity contribution in [3.05, 3.63) is 71.6 Å². The Bertz CT molecular complexity index is 613. The number of allylic oxidation sites excluding steroid dienone is 4. The van der Waals surface area contributed by atoms with Gasteiger partial charge >= 0.3 is 0 Å². The standard InChI is InChI=1S/C23H33N/c1-7-15-24-17-21(14-13-20-11-9-8-10-12-20)18(2)16-22(24)19(3)23(4,5)6/h8-12,16-17,19H,2,7,13-15H2,1,3-6H3. The van der Waals surface area contributed by atoms with Crippen molar-refractivity contribution >= 4 is 0 Å². The third kappa shape index (κ3) is 4.63. The van der Waals surface area contributed by atoms with E-state index in [4.69, 9.17) is 0 Å². The lowest BCUT2D eigenvalue weighted by Crippen LogP contribution is -2.31. The fourth-order valence-electron chi connectivity index (χ4n) is 3.10. The molecule has 0 bridgehead atoms. The SMILES string of the molecule is C=C1C=C(C(C)C(C)(C)C)N(CCC)C=C1CCc1ccccc1. The van der Waals surface area contributed by atoms with Crippen molar-refractivity contribution in [3.63, 3.8) is 0 Å². The number of hydrogen-bond acceptors (Lipinski definition) is 1. The van der Waals surface area contributed by atoms with Gasteiger partial charge in [0, 0.05) is 24.4 Å². The second kappa shape index (κ2) is 7.88. The monoisotopic (exact) mass is 323 g/mol. The van der Waals surface area contributed by atoms with Crippen LogP contribution in [-0.4, -0.2) is 11.4 Å². The molecule has 1 aromatic rings. The predicted octanol–water partition coefficient (Wildman–Crippen LogP) is 6.35. The van der Waals surface area contributed by atoms with Crippen LogP contribution in [0.25, 0.3) is 0 Å². The Labute approximate surface area is 148 Å². The van der Waals surface area contributed by atoms with E-state index in [1.54, 1.807) is 0 Å². The smallest absolute Gasteiger partial charge is 0.0219 e. The van der Waals surface area contributed by atoms with Crippen LogP contribution in [0, 0.1) is 11.3 Å². The molecule has 0 spiro atoms. The zero-order chi connectivity index (χ0) is 17.7. The molecule has 1 aliphatic heterocycles. The third-order valence-electron chi connectivity index (χ3n) is 5.11. The van der Waals surface area contributed by atoms with Crippen LogP contribution in [0.4, 0.5) is 0 Å². The summed E-state index contributed by atoms with van der Waals surface area (Å²) in [5.41, 5.74) is 5.62. The van der Waals surface area contributed by atoms with Gasteiger partial charge in [-0.3, -0.25) is 0 Å². The summed E-state index contributed by atoms with van der Waals surface area (Å²) in [7, 11) is 0. The Morgan fingerprint density at radius 2 is 1.75 bits per heavy atom. The van der Waals surface area contributed by atoms with Crippen molar-refractivity contribution in [2.45, 2.75) is 53.9 Å². The molecule has 0 aromatic heterocycles. The summed E-state index contributed by atoms with van der Waals surface area (Å²) in [6, 6.07) is 10.7. The molecule has 0 radical (unpaired) electrons. The fourth-order valence-corrected chi connectivity index (χ4v) is 3.10. The average Bonchev–Trinajstić information content (AvgIpc) is 2.54. The molecule has 0 saturated heterocycles. The molecule has 0 fully saturated rings. The van der Waals surface area contributed by atoms with Crippen molar-refractivity contribution in [2.75, 3.05) is 6.54 Å². The molecule has 1 heterocycles. The molecular formula is C23H33N. The van der Waals surface area contributed by atoms with Crippen LogP contribution in [0.2, 0.25) is 0 Å². The quantitative estimate of drug-likeness (QED) is 0.589. The predicted molar refractivity (Wildman–Crippen MR) is 106 cm³/mol. The van der Waals surface area contributed by atoms with Gasteiger partial charge in [-0.05, 0) is 47.5 Å². The second-order valence-electron chi connectivity index (χ2n) is 8.02. The van der Waals surface area contributed by atoms with Crippen LogP contribution in [0.3, 0.4) is 0 Å². The second-order valence-corrected chi connectivity index (χ2v) is 8.02. The van der Waals surface area contributed by atoms with E-state index < -0.39 is 0 Å². The van der Waals surface area contributed by atoms with Crippen molar-refractivity contribution in [1.82, 2.24) is 4.90 Å². The fraction of sp³-hybridized carbons (Fsp3) is 0.478. The highest BCUT2D eigenvalue weighted by Crippen LogP contribution is 2.37. The summed E-state index contributed by atoms with van der Waals surface area (Å²) in [4.78, 5) is 2.46. The first-order valence-electron chi connectivity index (χ1n) is 9.25. The summed E-state index contributed by atoms with van der Waals surface area (Å²) in [6.45, 7) is 17.0. The lowest BCUT2D eigenvalue weighted by molar-refractivity contribution is 0.249. The van der Waals surface area contributed by atoms with E-state index in [1.807, 2.05) is 0 Å². The van der Waals surface area contributed by atoms with Crippen molar-refractivity contribution < 1.29 is 0 Å². The normalized spacial score (nSPS) is 16.7. The van der Waals surface area contributed by atoms with E-state index in [0.717, 1.165) is 25.8 Å². The molecule has 0 amide bonds. The maximum Gasteiger partial charge on any atom is 0.0219 e. The van der Waals surface area contributed by atoms with Crippen LogP contribution in [0.1, 0.15) is 53.0 Å². The van der Waals surface area contributed by atoms with Crippen LogP contribution in [0.15, 0.2) is 66.0 Å². The maximum absolute atomic E-state index is 4.35. The number of aryl methyl sites for hydroxylation is 1. The van der Waals surface area contributed by atoms with Crippen LogP contribution in [-0.2, 0) is 6.42 Å². The summed E-state index contributed by atoms with van der Waals surface area (Å²) in [5.74, 6) is 0.507. The maximum atomic E-state index is 4.35. The highest BCUT2D eigenvalue weighted by Gasteiger charge is 2.28. The van der Waals surface area contributed by atoms with Gasteiger partial charge in [-0.1, -0.05) is 71.5 Å². The van der Waals surface area contributed by atoms with Gasteiger partial charge in [-0.25, -0.2) is 0 Å². The first-order chi connectivity index (χ1) is 11.3. The molecule has 2 rings (SSSR count). The molecule has 0 N–H and O–H groups in total. The molecule has 130 valence electrons. The Morgan fingerprint density at radius 3 is 2.33 bits per heavy atom. The van der Waals surface area contributed by atoms with Crippen molar-refractivity contribution in [2.24, 2.45) is 11.3 Å². The number of hydrogen-bond donors (Lipinski definition) is 0. The van der Waals surface area contributed by atoms with E-state index in [-0.39, 0.29) is 5.41 Å². The van der Waals surface area contributed by atoms with E-state index in [9.17, 15) is 0 Å². The van der Waals surface area contributed by atoms with Gasteiger partial charge < -0.3 is 4.90 Å². The molecule has 1 heteroatoms. The van der Waals surface area contributed by atoms with Gasteiger partial charge in [0.05, 0.1) is 0 Å². The minimum Gasteiger partial charge on any atom is -0.351 e. The molecule has 0 saturated carbocycles. The molecule has 0 aliphatic carbocycles. The molecule has 1 unspecified atom stereocenters. The largest absolute Gasteiger partial charge is 0.351 e. The lowest BCUT2D eigenvalue weighted by Gasteiger charge is -2.38. The summed E-state index contributed by atoms with van der Waals surface area (Å²) in [6.07, 6.45) is 7.96. The molecular weight excluding hydrogens is 290 g/mol. The molecule has 1 nitrogen and oxygen atoms in total. The van der Waals surface area contributed by atoms with Gasteiger partial charge in [0.15, 0.2) is 0 Å². The van der Waals surface area contributed by atoms with E-state index in [2.05, 4.69) is 88.7 Å². The summed E-state index contributed by atoms with van der Waals surface area (Å²) < 4.78 is 0. The van der Waals surface area contributed by atoms with Crippen LogP contribution >= 0.6 is 0 Å². The van der Waals surface area contributed by atoms with E-state index >= 15 is 0 Å². The van der Waals surface area contributed by atoms with Crippen LogP contribution < -0.4 is 0 Å². The Balaban J connectivity index is 2.16. The number of nitrogens with zero attached hydrogens (tertiary/aromatic N) is 1. The molecule has 1 atom stereocenters. The van der Waals surface area contributed by atoms with Crippen molar-refractivity contribution in [1.29, 1.82) is 0 Å². The van der Waals surface area contributed by atoms with E-state index in [1.165, 1.54) is 22.4 Å². The van der Waals surface area contributed by atoms with Gasteiger partial charge in [-0.2, -0.15) is 0 Å². The zero-order valence-electron chi connectivity index (χ0n) is 16.1. The summed E-state index contributed by atoms with van der Waals surface area (Å²) in [5, 5.41) is 0. The highest BCUT2D eigenvalue weighted by atomic mass is 15.1. The lowest BCUT2D eigenvalue weighted by atomic mass is 9.78. The zero-order valence-corrected chi connectivity index (χ0v) is 16.1. The Morgan fingerprint density at radius 1 is 1.08 bits per heavy atom. The highest BCUT2D eigenvalue weighted by molar-refractivity contribution is 5.44. The molecule has 1 aliphatic rings. The third-order valence-corrected chi connectivity index (χ3v) is 5.11. The Hall–Kier alpha value is -1.76. The van der Waals surface area contributed by atoms with Gasteiger partial charge in [0.2, 0.25) is 0 Å².